The van der Waals surface area contributed by atoms with Crippen molar-refractivity contribution in [2.24, 2.45) is 0 Å². The summed E-state index contributed by atoms with van der Waals surface area (Å²) in [5.74, 6) is -0.187. The van der Waals surface area contributed by atoms with Crippen molar-refractivity contribution in [1.29, 1.82) is 0 Å². The highest BCUT2D eigenvalue weighted by Crippen LogP contribution is 2.24. The standard InChI is InChI=1S/C23H23N3O4/c1-2-29-22(27)21(30-20-16-10-5-11-17-20)24-25-23(28)26(18-12-6-3-7-13-18)19-14-8-4-9-15-19/h3-17,21,24H,2H2,1H3,(H,25,28). The van der Waals surface area contributed by atoms with E-state index in [1.54, 1.807) is 31.2 Å². The van der Waals surface area contributed by atoms with Crippen molar-refractivity contribution in [3.8, 4) is 5.75 Å². The van der Waals surface area contributed by atoms with Gasteiger partial charge in [0.25, 0.3) is 6.23 Å². The van der Waals surface area contributed by atoms with Crippen LogP contribution >= 0.6 is 0 Å². The first kappa shape index (κ1) is 20.9. The summed E-state index contributed by atoms with van der Waals surface area (Å²) in [7, 11) is 0. The first-order chi connectivity index (χ1) is 14.7. The third-order valence-corrected chi connectivity index (χ3v) is 4.04. The van der Waals surface area contributed by atoms with Gasteiger partial charge in [0.1, 0.15) is 5.75 Å². The van der Waals surface area contributed by atoms with Crippen molar-refractivity contribution in [2.75, 3.05) is 11.5 Å². The molecule has 0 aromatic heterocycles. The number of rotatable bonds is 8. The van der Waals surface area contributed by atoms with E-state index in [4.69, 9.17) is 9.47 Å². The molecule has 0 aliphatic rings. The predicted octanol–water partition coefficient (Wildman–Crippen LogP) is 4.01. The molecule has 1 unspecified atom stereocenters. The van der Waals surface area contributed by atoms with Crippen LogP contribution in [0.5, 0.6) is 5.75 Å². The lowest BCUT2D eigenvalue weighted by Crippen LogP contribution is -2.54. The number of anilines is 2. The number of nitrogens with zero attached hydrogens (tertiary/aromatic N) is 1. The van der Waals surface area contributed by atoms with Gasteiger partial charge in [-0.2, -0.15) is 5.43 Å². The molecule has 3 aromatic carbocycles. The number of para-hydroxylation sites is 3. The van der Waals surface area contributed by atoms with Crippen LogP contribution in [0.4, 0.5) is 16.2 Å². The number of esters is 1. The van der Waals surface area contributed by atoms with Crippen LogP contribution in [0, 0.1) is 0 Å². The summed E-state index contributed by atoms with van der Waals surface area (Å²) in [6.45, 7) is 1.88. The number of carbonyl (C=O) groups excluding carboxylic acids is 2. The fourth-order valence-electron chi connectivity index (χ4n) is 2.71. The number of hydrazine groups is 1. The smallest absolute Gasteiger partial charge is 0.364 e. The molecule has 7 nitrogen and oxygen atoms in total. The molecule has 0 saturated heterocycles. The number of amides is 2. The lowest BCUT2D eigenvalue weighted by molar-refractivity contribution is -0.153. The number of carbonyl (C=O) groups is 2. The van der Waals surface area contributed by atoms with E-state index in [9.17, 15) is 9.59 Å². The Morgan fingerprint density at radius 3 is 1.83 bits per heavy atom. The average Bonchev–Trinajstić information content (AvgIpc) is 2.79. The highest BCUT2D eigenvalue weighted by Gasteiger charge is 2.24. The third-order valence-electron chi connectivity index (χ3n) is 4.04. The van der Waals surface area contributed by atoms with Crippen molar-refractivity contribution >= 4 is 23.4 Å². The van der Waals surface area contributed by atoms with E-state index in [2.05, 4.69) is 10.9 Å². The molecule has 3 rings (SSSR count). The number of hydrogen-bond acceptors (Lipinski definition) is 5. The monoisotopic (exact) mass is 405 g/mol. The van der Waals surface area contributed by atoms with Gasteiger partial charge in [-0.15, -0.1) is 0 Å². The van der Waals surface area contributed by atoms with Gasteiger partial charge in [0.2, 0.25) is 0 Å². The lowest BCUT2D eigenvalue weighted by atomic mass is 10.2. The Hall–Kier alpha value is -3.84. The van der Waals surface area contributed by atoms with E-state index in [1.807, 2.05) is 66.7 Å². The summed E-state index contributed by atoms with van der Waals surface area (Å²) < 4.78 is 10.7. The quantitative estimate of drug-likeness (QED) is 0.336. The fraction of sp³-hybridized carbons (Fsp3) is 0.130. The Morgan fingerprint density at radius 1 is 0.833 bits per heavy atom. The molecule has 0 aliphatic heterocycles. The van der Waals surface area contributed by atoms with Crippen LogP contribution in [-0.2, 0) is 9.53 Å². The zero-order chi connectivity index (χ0) is 21.2. The van der Waals surface area contributed by atoms with Gasteiger partial charge in [-0.1, -0.05) is 54.6 Å². The Kier molecular flexibility index (Phi) is 7.40. The maximum atomic E-state index is 13.0. The van der Waals surface area contributed by atoms with Crippen molar-refractivity contribution in [1.82, 2.24) is 10.9 Å². The van der Waals surface area contributed by atoms with Crippen molar-refractivity contribution in [2.45, 2.75) is 13.2 Å². The first-order valence-corrected chi connectivity index (χ1v) is 9.53. The van der Waals surface area contributed by atoms with Crippen LogP contribution in [0.3, 0.4) is 0 Å². The predicted molar refractivity (Wildman–Crippen MR) is 114 cm³/mol. The molecular formula is C23H23N3O4. The van der Waals surface area contributed by atoms with Crippen molar-refractivity contribution in [3.05, 3.63) is 91.0 Å². The van der Waals surface area contributed by atoms with Gasteiger partial charge >= 0.3 is 12.0 Å². The van der Waals surface area contributed by atoms with E-state index in [0.717, 1.165) is 0 Å². The largest absolute Gasteiger partial charge is 0.462 e. The highest BCUT2D eigenvalue weighted by molar-refractivity contribution is 5.99. The average molecular weight is 405 g/mol. The molecule has 0 heterocycles. The molecule has 2 amide bonds. The number of hydrogen-bond donors (Lipinski definition) is 2. The topological polar surface area (TPSA) is 79.9 Å². The third kappa shape index (κ3) is 5.59. The van der Waals surface area contributed by atoms with Crippen LogP contribution in [0.15, 0.2) is 91.0 Å². The Morgan fingerprint density at radius 2 is 1.33 bits per heavy atom. The van der Waals surface area contributed by atoms with Gasteiger partial charge in [0.15, 0.2) is 0 Å². The SMILES string of the molecule is CCOC(=O)C(NNC(=O)N(c1ccccc1)c1ccccc1)Oc1ccccc1. The lowest BCUT2D eigenvalue weighted by Gasteiger charge is -2.25. The number of nitrogens with one attached hydrogen (secondary N) is 2. The zero-order valence-electron chi connectivity index (χ0n) is 16.5. The summed E-state index contributed by atoms with van der Waals surface area (Å²) in [5.41, 5.74) is 6.52. The van der Waals surface area contributed by atoms with E-state index >= 15 is 0 Å². The molecule has 30 heavy (non-hydrogen) atoms. The minimum atomic E-state index is -1.22. The molecular weight excluding hydrogens is 382 g/mol. The maximum absolute atomic E-state index is 13.0. The Bertz CT molecular complexity index is 897. The molecule has 0 fully saturated rings. The summed E-state index contributed by atoms with van der Waals surface area (Å²) in [4.78, 5) is 26.8. The number of urea groups is 1. The van der Waals surface area contributed by atoms with Crippen LogP contribution in [0.25, 0.3) is 0 Å². The molecule has 1 atom stereocenters. The van der Waals surface area contributed by atoms with E-state index in [0.29, 0.717) is 17.1 Å². The van der Waals surface area contributed by atoms with Gasteiger partial charge in [0.05, 0.1) is 18.0 Å². The second-order valence-electron chi connectivity index (χ2n) is 6.14. The molecule has 7 heteroatoms. The van der Waals surface area contributed by atoms with E-state index < -0.39 is 18.2 Å². The van der Waals surface area contributed by atoms with Gasteiger partial charge in [-0.05, 0) is 43.3 Å². The van der Waals surface area contributed by atoms with Crippen LogP contribution in [0.2, 0.25) is 0 Å². The zero-order valence-corrected chi connectivity index (χ0v) is 16.5. The summed E-state index contributed by atoms with van der Waals surface area (Å²) in [6, 6.07) is 26.7. The highest BCUT2D eigenvalue weighted by atomic mass is 16.6. The molecule has 0 aliphatic carbocycles. The normalized spacial score (nSPS) is 11.2. The Balaban J connectivity index is 1.77. The van der Waals surface area contributed by atoms with Crippen LogP contribution < -0.4 is 20.5 Å². The first-order valence-electron chi connectivity index (χ1n) is 9.53. The Labute approximate surface area is 175 Å². The van der Waals surface area contributed by atoms with Crippen molar-refractivity contribution < 1.29 is 19.1 Å². The van der Waals surface area contributed by atoms with Gasteiger partial charge in [-0.3, -0.25) is 10.3 Å². The van der Waals surface area contributed by atoms with Gasteiger partial charge in [-0.25, -0.2) is 9.59 Å². The summed E-state index contributed by atoms with van der Waals surface area (Å²) in [6.07, 6.45) is -1.22. The summed E-state index contributed by atoms with van der Waals surface area (Å²) >= 11 is 0. The molecule has 0 radical (unpaired) electrons. The summed E-state index contributed by atoms with van der Waals surface area (Å²) in [5, 5.41) is 0. The fourth-order valence-corrected chi connectivity index (χ4v) is 2.71. The van der Waals surface area contributed by atoms with Crippen molar-refractivity contribution in [3.63, 3.8) is 0 Å². The van der Waals surface area contributed by atoms with Crippen LogP contribution in [0.1, 0.15) is 6.92 Å². The van der Waals surface area contributed by atoms with E-state index in [-0.39, 0.29) is 6.61 Å². The second-order valence-corrected chi connectivity index (χ2v) is 6.14. The number of ether oxygens (including phenoxy) is 2. The van der Waals surface area contributed by atoms with Crippen LogP contribution in [-0.4, -0.2) is 24.8 Å². The molecule has 0 saturated carbocycles. The second kappa shape index (κ2) is 10.6. The molecule has 0 spiro atoms. The molecule has 2 N–H and O–H groups in total. The van der Waals surface area contributed by atoms with E-state index in [1.165, 1.54) is 4.90 Å². The molecule has 154 valence electrons. The molecule has 0 bridgehead atoms. The minimum Gasteiger partial charge on any atom is -0.462 e. The molecule has 3 aromatic rings. The van der Waals surface area contributed by atoms with Gasteiger partial charge in [0, 0.05) is 0 Å². The number of benzene rings is 3. The minimum absolute atomic E-state index is 0.184. The van der Waals surface area contributed by atoms with Gasteiger partial charge < -0.3 is 9.47 Å². The maximum Gasteiger partial charge on any atom is 0.364 e.